The minimum absolute atomic E-state index is 0.141. The average Bonchev–Trinajstić information content (AvgIpc) is 2.82. The summed E-state index contributed by atoms with van der Waals surface area (Å²) in [5.74, 6) is 0.615. The predicted octanol–water partition coefficient (Wildman–Crippen LogP) is 2.65. The van der Waals surface area contributed by atoms with Crippen molar-refractivity contribution >= 4 is 17.6 Å². The van der Waals surface area contributed by atoms with Crippen LogP contribution in [0.4, 0.5) is 0 Å². The first-order chi connectivity index (χ1) is 8.74. The molecule has 94 valence electrons. The van der Waals surface area contributed by atoms with Gasteiger partial charge in [0, 0.05) is 17.4 Å². The van der Waals surface area contributed by atoms with Crippen LogP contribution < -0.4 is 4.74 Å². The molecule has 2 aromatic rings. The van der Waals surface area contributed by atoms with E-state index in [4.69, 9.17) is 4.74 Å². The molecule has 5 heteroatoms. The first-order valence-electron chi connectivity index (χ1n) is 5.57. The van der Waals surface area contributed by atoms with Gasteiger partial charge >= 0.3 is 0 Å². The van der Waals surface area contributed by atoms with Crippen molar-refractivity contribution in [2.45, 2.75) is 13.3 Å². The van der Waals surface area contributed by atoms with E-state index < -0.39 is 0 Å². The number of thiazole rings is 1. The highest BCUT2D eigenvalue weighted by Crippen LogP contribution is 2.31. The molecule has 0 aliphatic rings. The summed E-state index contributed by atoms with van der Waals surface area (Å²) in [5, 5.41) is 12.5. The average molecular weight is 263 g/mol. The lowest BCUT2D eigenvalue weighted by Gasteiger charge is -2.08. The quantitative estimate of drug-likeness (QED) is 0.842. The highest BCUT2D eigenvalue weighted by molar-refractivity contribution is 7.09. The lowest BCUT2D eigenvalue weighted by atomic mass is 10.1. The number of aromatic hydroxyl groups is 1. The Kier molecular flexibility index (Phi) is 3.94. The van der Waals surface area contributed by atoms with Crippen molar-refractivity contribution in [3.8, 4) is 11.5 Å². The predicted molar refractivity (Wildman–Crippen MR) is 69.6 cm³/mol. The van der Waals surface area contributed by atoms with Crippen molar-refractivity contribution < 1.29 is 14.6 Å². The monoisotopic (exact) mass is 263 g/mol. The second-order valence-electron chi connectivity index (χ2n) is 3.66. The van der Waals surface area contributed by atoms with Gasteiger partial charge in [-0.05, 0) is 13.0 Å². The number of nitrogens with zero attached hydrogens (tertiary/aromatic N) is 1. The smallest absolute Gasteiger partial charge is 0.169 e. The molecular weight excluding hydrogens is 250 g/mol. The zero-order valence-corrected chi connectivity index (χ0v) is 10.7. The van der Waals surface area contributed by atoms with Crippen molar-refractivity contribution in [1.29, 1.82) is 0 Å². The molecule has 1 aromatic carbocycles. The first kappa shape index (κ1) is 12.6. The number of phenolic OH excluding ortho intramolecular Hbond substituents is 1. The first-order valence-corrected chi connectivity index (χ1v) is 6.45. The summed E-state index contributed by atoms with van der Waals surface area (Å²) in [6, 6.07) is 5.37. The van der Waals surface area contributed by atoms with E-state index in [0.717, 1.165) is 16.9 Å². The maximum absolute atomic E-state index is 10.6. The molecule has 18 heavy (non-hydrogen) atoms. The third-order valence-corrected chi connectivity index (χ3v) is 3.28. The standard InChI is InChI=1S/C13H13NO3S/c1-2-17-11-5-3-4-9(13(11)16)6-12-14-10(7-15)8-18-12/h3-5,7-8,16H,2,6H2,1H3. The van der Waals surface area contributed by atoms with E-state index in [2.05, 4.69) is 4.98 Å². The Morgan fingerprint density at radius 1 is 1.50 bits per heavy atom. The lowest BCUT2D eigenvalue weighted by Crippen LogP contribution is -1.95. The summed E-state index contributed by atoms with van der Waals surface area (Å²) in [4.78, 5) is 14.7. The van der Waals surface area contributed by atoms with Crippen LogP contribution in [0.3, 0.4) is 0 Å². The Balaban J connectivity index is 2.23. The van der Waals surface area contributed by atoms with Gasteiger partial charge < -0.3 is 9.84 Å². The van der Waals surface area contributed by atoms with Crippen molar-refractivity contribution in [3.05, 3.63) is 39.8 Å². The molecule has 1 heterocycles. The van der Waals surface area contributed by atoms with Gasteiger partial charge in [-0.15, -0.1) is 11.3 Å². The number of hydrogen-bond donors (Lipinski definition) is 1. The van der Waals surface area contributed by atoms with Crippen LogP contribution in [0.5, 0.6) is 11.5 Å². The molecule has 0 spiro atoms. The van der Waals surface area contributed by atoms with Gasteiger partial charge in [0.15, 0.2) is 17.8 Å². The number of aldehydes is 1. The van der Waals surface area contributed by atoms with E-state index in [0.29, 0.717) is 24.5 Å². The summed E-state index contributed by atoms with van der Waals surface area (Å²) in [7, 11) is 0. The van der Waals surface area contributed by atoms with Crippen LogP contribution in [0.2, 0.25) is 0 Å². The highest BCUT2D eigenvalue weighted by atomic mass is 32.1. The molecule has 0 fully saturated rings. The molecule has 0 unspecified atom stereocenters. The summed E-state index contributed by atoms with van der Waals surface area (Å²) in [6.07, 6.45) is 1.21. The van der Waals surface area contributed by atoms with E-state index in [9.17, 15) is 9.90 Å². The molecule has 0 radical (unpaired) electrons. The second-order valence-corrected chi connectivity index (χ2v) is 4.60. The second kappa shape index (κ2) is 5.64. The third kappa shape index (κ3) is 2.68. The fourth-order valence-corrected chi connectivity index (χ4v) is 2.37. The molecule has 0 amide bonds. The number of ether oxygens (including phenoxy) is 1. The Morgan fingerprint density at radius 2 is 2.33 bits per heavy atom. The number of phenols is 1. The van der Waals surface area contributed by atoms with Gasteiger partial charge in [-0.25, -0.2) is 4.98 Å². The summed E-state index contributed by atoms with van der Waals surface area (Å²) in [6.45, 7) is 2.37. The van der Waals surface area contributed by atoms with Gasteiger partial charge in [0.05, 0.1) is 11.6 Å². The SMILES string of the molecule is CCOc1cccc(Cc2nc(C=O)cs2)c1O. The Morgan fingerprint density at radius 3 is 3.00 bits per heavy atom. The van der Waals surface area contributed by atoms with Crippen molar-refractivity contribution in [1.82, 2.24) is 4.98 Å². The van der Waals surface area contributed by atoms with Gasteiger partial charge in [0.25, 0.3) is 0 Å². The number of hydrogen-bond acceptors (Lipinski definition) is 5. The Labute approximate surface area is 109 Å². The normalized spacial score (nSPS) is 10.3. The van der Waals surface area contributed by atoms with Gasteiger partial charge in [-0.1, -0.05) is 12.1 Å². The molecule has 0 saturated heterocycles. The van der Waals surface area contributed by atoms with Crippen LogP contribution in [-0.4, -0.2) is 23.0 Å². The van der Waals surface area contributed by atoms with Crippen molar-refractivity contribution in [2.24, 2.45) is 0 Å². The van der Waals surface area contributed by atoms with E-state index in [1.165, 1.54) is 11.3 Å². The van der Waals surface area contributed by atoms with Crippen LogP contribution in [0, 0.1) is 0 Å². The van der Waals surface area contributed by atoms with Gasteiger partial charge in [0.1, 0.15) is 5.69 Å². The Bertz CT molecular complexity index is 551. The van der Waals surface area contributed by atoms with Gasteiger partial charge in [-0.3, -0.25) is 4.79 Å². The van der Waals surface area contributed by atoms with Gasteiger partial charge in [0.2, 0.25) is 0 Å². The van der Waals surface area contributed by atoms with Crippen molar-refractivity contribution in [3.63, 3.8) is 0 Å². The zero-order valence-electron chi connectivity index (χ0n) is 9.92. The largest absolute Gasteiger partial charge is 0.504 e. The number of para-hydroxylation sites is 1. The molecule has 4 nitrogen and oxygen atoms in total. The maximum atomic E-state index is 10.6. The topological polar surface area (TPSA) is 59.4 Å². The number of carbonyl (C=O) groups is 1. The number of carbonyl (C=O) groups excluding carboxylic acids is 1. The van der Waals surface area contributed by atoms with E-state index in [1.54, 1.807) is 11.4 Å². The molecule has 0 bridgehead atoms. The fraction of sp³-hybridized carbons (Fsp3) is 0.231. The van der Waals surface area contributed by atoms with Crippen LogP contribution >= 0.6 is 11.3 Å². The molecule has 1 N–H and O–H groups in total. The molecule has 2 rings (SSSR count). The Hall–Kier alpha value is -1.88. The minimum Gasteiger partial charge on any atom is -0.504 e. The zero-order chi connectivity index (χ0) is 13.0. The third-order valence-electron chi connectivity index (χ3n) is 2.41. The van der Waals surface area contributed by atoms with Crippen LogP contribution in [0.15, 0.2) is 23.6 Å². The molecular formula is C13H13NO3S. The molecule has 0 atom stereocenters. The van der Waals surface area contributed by atoms with Crippen LogP contribution in [-0.2, 0) is 6.42 Å². The minimum atomic E-state index is 0.141. The number of rotatable bonds is 5. The highest BCUT2D eigenvalue weighted by Gasteiger charge is 2.10. The van der Waals surface area contributed by atoms with Gasteiger partial charge in [-0.2, -0.15) is 0 Å². The van der Waals surface area contributed by atoms with E-state index >= 15 is 0 Å². The van der Waals surface area contributed by atoms with Crippen LogP contribution in [0.25, 0.3) is 0 Å². The molecule has 1 aromatic heterocycles. The molecule has 0 aliphatic heterocycles. The van der Waals surface area contributed by atoms with E-state index in [-0.39, 0.29) is 5.75 Å². The van der Waals surface area contributed by atoms with E-state index in [1.807, 2.05) is 19.1 Å². The number of benzene rings is 1. The maximum Gasteiger partial charge on any atom is 0.169 e. The fourth-order valence-electron chi connectivity index (χ4n) is 1.61. The molecule has 0 aliphatic carbocycles. The summed E-state index contributed by atoms with van der Waals surface area (Å²) < 4.78 is 5.32. The summed E-state index contributed by atoms with van der Waals surface area (Å²) in [5.41, 5.74) is 1.17. The van der Waals surface area contributed by atoms with Crippen LogP contribution in [0.1, 0.15) is 28.0 Å². The molecule has 0 saturated carbocycles. The summed E-state index contributed by atoms with van der Waals surface area (Å²) >= 11 is 1.40. The van der Waals surface area contributed by atoms with Crippen molar-refractivity contribution in [2.75, 3.05) is 6.61 Å². The lowest BCUT2D eigenvalue weighted by molar-refractivity contribution is 0.111. The number of aromatic nitrogens is 1.